The maximum Gasteiger partial charge on any atom is 0.307 e. The monoisotopic (exact) mass is 518 g/mol. The molecule has 10 heteroatoms. The summed E-state index contributed by atoms with van der Waals surface area (Å²) in [6.07, 6.45) is 2.64. The van der Waals surface area contributed by atoms with E-state index >= 15 is 0 Å². The van der Waals surface area contributed by atoms with E-state index in [9.17, 15) is 10.1 Å². The van der Waals surface area contributed by atoms with E-state index in [-0.39, 0.29) is 29.9 Å². The maximum atomic E-state index is 12.0. The molecule has 0 saturated heterocycles. The van der Waals surface area contributed by atoms with Crippen molar-refractivity contribution in [3.05, 3.63) is 47.2 Å². The number of nitriles is 1. The highest BCUT2D eigenvalue weighted by Crippen LogP contribution is 2.35. The highest BCUT2D eigenvalue weighted by molar-refractivity contribution is 5.70. The first kappa shape index (κ1) is 27.1. The van der Waals surface area contributed by atoms with Gasteiger partial charge in [-0.2, -0.15) is 10.2 Å². The zero-order chi connectivity index (χ0) is 27.4. The Morgan fingerprint density at radius 2 is 2.05 bits per heavy atom. The molecule has 0 amide bonds. The van der Waals surface area contributed by atoms with Gasteiger partial charge in [-0.1, -0.05) is 12.1 Å². The lowest BCUT2D eigenvalue weighted by atomic mass is 10.0. The van der Waals surface area contributed by atoms with Crippen LogP contribution in [0, 0.1) is 11.3 Å². The summed E-state index contributed by atoms with van der Waals surface area (Å²) in [4.78, 5) is 22.8. The number of aromatic nitrogens is 3. The van der Waals surface area contributed by atoms with E-state index in [2.05, 4.69) is 51.6 Å². The number of hydrogen-bond acceptors (Lipinski definition) is 10. The van der Waals surface area contributed by atoms with Crippen molar-refractivity contribution in [1.82, 2.24) is 20.4 Å². The molecular weight excluding hydrogens is 484 g/mol. The molecular formula is C28H34N6O4. The number of anilines is 2. The molecule has 2 aromatic heterocycles. The number of nitrogens with one attached hydrogen (secondary N) is 1. The predicted octanol–water partition coefficient (Wildman–Crippen LogP) is 4.87. The molecule has 0 radical (unpaired) electrons. The standard InChI is InChI=1S/C28H34N6O4/c1-17(2)36-25-21(15-29)14-22(16-31-25)26-32-27(33-38-26)34-12-10-20-13-19(7-8-23(20)34)18(3)30-11-9-24(35)37-28(4,5)6/h7-8,13-14,16-18,30H,9-12H2,1-6H3. The summed E-state index contributed by atoms with van der Waals surface area (Å²) in [5.74, 6) is 0.814. The molecule has 38 heavy (non-hydrogen) atoms. The van der Waals surface area contributed by atoms with E-state index in [0.29, 0.717) is 30.0 Å². The van der Waals surface area contributed by atoms with Gasteiger partial charge in [-0.3, -0.25) is 4.79 Å². The Hall–Kier alpha value is -3.97. The van der Waals surface area contributed by atoms with Gasteiger partial charge in [-0.25, -0.2) is 4.98 Å². The van der Waals surface area contributed by atoms with Crippen molar-refractivity contribution >= 4 is 17.6 Å². The highest BCUT2D eigenvalue weighted by Gasteiger charge is 2.26. The minimum Gasteiger partial charge on any atom is -0.474 e. The zero-order valence-corrected chi connectivity index (χ0v) is 22.7. The van der Waals surface area contributed by atoms with E-state index in [1.165, 1.54) is 5.56 Å². The third kappa shape index (κ3) is 6.47. The quantitative estimate of drug-likeness (QED) is 0.392. The van der Waals surface area contributed by atoms with Crippen LogP contribution >= 0.6 is 0 Å². The molecule has 1 aliphatic rings. The number of esters is 1. The SMILES string of the molecule is CC(C)Oc1ncc(-c2nc(N3CCc4cc(C(C)NCCC(=O)OC(C)(C)C)ccc43)no2)cc1C#N. The van der Waals surface area contributed by atoms with E-state index in [0.717, 1.165) is 24.2 Å². The van der Waals surface area contributed by atoms with Crippen molar-refractivity contribution in [2.45, 2.75) is 72.1 Å². The van der Waals surface area contributed by atoms with Crippen molar-refractivity contribution in [3.8, 4) is 23.4 Å². The molecule has 0 spiro atoms. The van der Waals surface area contributed by atoms with Gasteiger partial charge in [0.05, 0.1) is 18.1 Å². The van der Waals surface area contributed by atoms with Crippen LogP contribution in [0.4, 0.5) is 11.6 Å². The lowest BCUT2D eigenvalue weighted by Crippen LogP contribution is -2.27. The predicted molar refractivity (Wildman–Crippen MR) is 142 cm³/mol. The molecule has 4 rings (SSSR count). The van der Waals surface area contributed by atoms with E-state index in [1.54, 1.807) is 12.3 Å². The smallest absolute Gasteiger partial charge is 0.307 e. The molecule has 200 valence electrons. The molecule has 1 aliphatic heterocycles. The summed E-state index contributed by atoms with van der Waals surface area (Å²) >= 11 is 0. The molecule has 0 aliphatic carbocycles. The molecule has 3 aromatic rings. The lowest BCUT2D eigenvalue weighted by molar-refractivity contribution is -0.154. The van der Waals surface area contributed by atoms with Crippen molar-refractivity contribution in [2.75, 3.05) is 18.0 Å². The number of rotatable bonds is 9. The molecule has 0 fully saturated rings. The molecule has 3 heterocycles. The number of carbonyl (C=O) groups excluding carboxylic acids is 1. The summed E-state index contributed by atoms with van der Waals surface area (Å²) < 4.78 is 16.5. The second kappa shape index (κ2) is 11.2. The van der Waals surface area contributed by atoms with Gasteiger partial charge >= 0.3 is 5.97 Å². The fraction of sp³-hybridized carbons (Fsp3) is 0.464. The average molecular weight is 519 g/mol. The van der Waals surface area contributed by atoms with Gasteiger partial charge in [0, 0.05) is 31.0 Å². The maximum absolute atomic E-state index is 12.0. The van der Waals surface area contributed by atoms with Gasteiger partial charge in [0.25, 0.3) is 11.8 Å². The van der Waals surface area contributed by atoms with Gasteiger partial charge in [0.1, 0.15) is 17.2 Å². The molecule has 10 nitrogen and oxygen atoms in total. The molecule has 0 saturated carbocycles. The third-order valence-electron chi connectivity index (χ3n) is 5.92. The van der Waals surface area contributed by atoms with Crippen LogP contribution in [0.25, 0.3) is 11.5 Å². The van der Waals surface area contributed by atoms with Crippen LogP contribution < -0.4 is 15.0 Å². The second-order valence-corrected chi connectivity index (χ2v) is 10.6. The van der Waals surface area contributed by atoms with Crippen molar-refractivity contribution in [1.29, 1.82) is 5.26 Å². The summed E-state index contributed by atoms with van der Waals surface area (Å²) in [5.41, 5.74) is 3.75. The van der Waals surface area contributed by atoms with Gasteiger partial charge in [0.15, 0.2) is 0 Å². The first-order valence-corrected chi connectivity index (χ1v) is 12.8. The van der Waals surface area contributed by atoms with Crippen LogP contribution in [-0.4, -0.2) is 45.9 Å². The third-order valence-corrected chi connectivity index (χ3v) is 5.92. The Morgan fingerprint density at radius 1 is 1.26 bits per heavy atom. The normalized spacial score (nSPS) is 13.8. The van der Waals surface area contributed by atoms with Gasteiger partial charge in [-0.05, 0) is 76.4 Å². The number of pyridine rings is 1. The summed E-state index contributed by atoms with van der Waals surface area (Å²) in [6, 6.07) is 10.1. The number of carbonyl (C=O) groups is 1. The fourth-order valence-electron chi connectivity index (χ4n) is 4.21. The summed E-state index contributed by atoms with van der Waals surface area (Å²) in [5, 5.41) is 17.1. The van der Waals surface area contributed by atoms with E-state index in [4.69, 9.17) is 14.0 Å². The molecule has 1 aromatic carbocycles. The van der Waals surface area contributed by atoms with Crippen molar-refractivity contribution < 1.29 is 18.8 Å². The van der Waals surface area contributed by atoms with E-state index in [1.807, 2.05) is 39.5 Å². The van der Waals surface area contributed by atoms with Crippen molar-refractivity contribution in [2.24, 2.45) is 0 Å². The first-order valence-electron chi connectivity index (χ1n) is 12.8. The number of nitrogens with zero attached hydrogens (tertiary/aromatic N) is 5. The molecule has 1 atom stereocenters. The fourth-order valence-corrected chi connectivity index (χ4v) is 4.21. The lowest BCUT2D eigenvalue weighted by Gasteiger charge is -2.20. The molecule has 1 unspecified atom stereocenters. The molecule has 1 N–H and O–H groups in total. The number of fused-ring (bicyclic) bond motifs is 1. The zero-order valence-electron chi connectivity index (χ0n) is 22.7. The Morgan fingerprint density at radius 3 is 2.76 bits per heavy atom. The van der Waals surface area contributed by atoms with Gasteiger partial charge < -0.3 is 24.2 Å². The van der Waals surface area contributed by atoms with E-state index < -0.39 is 5.60 Å². The first-order chi connectivity index (χ1) is 18.0. The van der Waals surface area contributed by atoms with Crippen LogP contribution in [0.3, 0.4) is 0 Å². The topological polar surface area (TPSA) is 126 Å². The highest BCUT2D eigenvalue weighted by atomic mass is 16.6. The van der Waals surface area contributed by atoms with Gasteiger partial charge in [-0.15, -0.1) is 0 Å². The minimum atomic E-state index is -0.475. The van der Waals surface area contributed by atoms with Crippen LogP contribution in [0.2, 0.25) is 0 Å². The minimum absolute atomic E-state index is 0.0815. The molecule has 0 bridgehead atoms. The Kier molecular flexibility index (Phi) is 7.97. The summed E-state index contributed by atoms with van der Waals surface area (Å²) in [6.45, 7) is 12.7. The van der Waals surface area contributed by atoms with Crippen LogP contribution in [0.15, 0.2) is 35.0 Å². The Labute approximate surface area is 223 Å². The number of ether oxygens (including phenoxy) is 2. The summed E-state index contributed by atoms with van der Waals surface area (Å²) in [7, 11) is 0. The average Bonchev–Trinajstić information content (AvgIpc) is 3.49. The van der Waals surface area contributed by atoms with Crippen LogP contribution in [0.1, 0.15) is 70.7 Å². The Balaban J connectivity index is 1.42. The van der Waals surface area contributed by atoms with Crippen LogP contribution in [0.5, 0.6) is 5.88 Å². The van der Waals surface area contributed by atoms with Gasteiger partial charge in [0.2, 0.25) is 5.88 Å². The second-order valence-electron chi connectivity index (χ2n) is 10.6. The number of benzene rings is 1. The number of hydrogen-bond donors (Lipinski definition) is 1. The largest absolute Gasteiger partial charge is 0.474 e. The Bertz CT molecular complexity index is 1340. The van der Waals surface area contributed by atoms with Crippen LogP contribution in [-0.2, 0) is 16.0 Å². The van der Waals surface area contributed by atoms with Crippen molar-refractivity contribution in [3.63, 3.8) is 0 Å².